The smallest absolute Gasteiger partial charge is 0.0221 e. The van der Waals surface area contributed by atoms with Crippen LogP contribution in [0.2, 0.25) is 0 Å². The van der Waals surface area contributed by atoms with Crippen LogP contribution in [0.25, 0.3) is 0 Å². The monoisotopic (exact) mass is 283 g/mol. The number of halogens is 2. The second-order valence-electron chi connectivity index (χ2n) is 5.06. The number of likely N-dealkylation sites (tertiary alicyclic amines) is 1. The highest BCUT2D eigenvalue weighted by Crippen LogP contribution is 2.20. The first-order valence-electron chi connectivity index (χ1n) is 6.49. The summed E-state index contributed by atoms with van der Waals surface area (Å²) in [6, 6.07) is 0.803. The molecule has 2 fully saturated rings. The van der Waals surface area contributed by atoms with Gasteiger partial charge in [0.25, 0.3) is 0 Å². The molecule has 0 amide bonds. The van der Waals surface area contributed by atoms with E-state index in [1.54, 1.807) is 0 Å². The average Bonchev–Trinajstić information content (AvgIpc) is 2.68. The van der Waals surface area contributed by atoms with Gasteiger partial charge in [0.1, 0.15) is 0 Å². The molecule has 0 radical (unpaired) electrons. The molecule has 2 unspecified atom stereocenters. The molecule has 104 valence electrons. The Hall–Kier alpha value is 0.460. The van der Waals surface area contributed by atoms with Crippen molar-refractivity contribution in [3.05, 3.63) is 0 Å². The predicted molar refractivity (Wildman–Crippen MR) is 78.6 cm³/mol. The summed E-state index contributed by atoms with van der Waals surface area (Å²) in [6.45, 7) is 6.28. The van der Waals surface area contributed by atoms with Gasteiger partial charge in [-0.05, 0) is 58.3 Å². The molecule has 3 nitrogen and oxygen atoms in total. The van der Waals surface area contributed by atoms with E-state index in [0.717, 1.165) is 12.0 Å². The summed E-state index contributed by atoms with van der Waals surface area (Å²) in [6.07, 6.45) is 5.58. The van der Waals surface area contributed by atoms with Gasteiger partial charge in [-0.2, -0.15) is 0 Å². The summed E-state index contributed by atoms with van der Waals surface area (Å²) in [5.41, 5.74) is 0. The van der Waals surface area contributed by atoms with Crippen molar-refractivity contribution in [1.82, 2.24) is 15.5 Å². The molecule has 2 heterocycles. The van der Waals surface area contributed by atoms with Crippen LogP contribution in [0.3, 0.4) is 0 Å². The third-order valence-corrected chi connectivity index (χ3v) is 3.83. The summed E-state index contributed by atoms with van der Waals surface area (Å²) >= 11 is 0. The molecular weight excluding hydrogens is 257 g/mol. The lowest BCUT2D eigenvalue weighted by Gasteiger charge is -2.31. The first-order valence-corrected chi connectivity index (χ1v) is 6.49. The van der Waals surface area contributed by atoms with Crippen molar-refractivity contribution in [2.24, 2.45) is 5.92 Å². The normalized spacial score (nSPS) is 29.5. The Morgan fingerprint density at radius 1 is 1.24 bits per heavy atom. The number of piperidine rings is 1. The van der Waals surface area contributed by atoms with E-state index in [9.17, 15) is 0 Å². The van der Waals surface area contributed by atoms with Crippen molar-refractivity contribution in [1.29, 1.82) is 0 Å². The molecule has 2 aliphatic heterocycles. The Bertz CT molecular complexity index is 187. The minimum absolute atomic E-state index is 0. The van der Waals surface area contributed by atoms with Crippen molar-refractivity contribution in [2.75, 3.05) is 39.8 Å². The Balaban J connectivity index is 0.00000128. The quantitative estimate of drug-likeness (QED) is 0.819. The van der Waals surface area contributed by atoms with E-state index in [1.165, 1.54) is 58.4 Å². The molecule has 0 aromatic carbocycles. The predicted octanol–water partition coefficient (Wildman–Crippen LogP) is 1.51. The van der Waals surface area contributed by atoms with Gasteiger partial charge >= 0.3 is 0 Å². The molecule has 2 atom stereocenters. The van der Waals surface area contributed by atoms with Crippen LogP contribution in [-0.4, -0.2) is 50.7 Å². The molecule has 0 aromatic rings. The molecule has 0 aromatic heterocycles. The van der Waals surface area contributed by atoms with Crippen LogP contribution in [0.1, 0.15) is 25.7 Å². The number of nitrogens with one attached hydrogen (secondary N) is 2. The highest BCUT2D eigenvalue weighted by atomic mass is 35.5. The van der Waals surface area contributed by atoms with Gasteiger partial charge in [0.05, 0.1) is 0 Å². The van der Waals surface area contributed by atoms with Crippen molar-refractivity contribution in [3.8, 4) is 0 Å². The fraction of sp³-hybridized carbons (Fsp3) is 1.00. The molecular formula is C12H27Cl2N3. The third kappa shape index (κ3) is 5.31. The van der Waals surface area contributed by atoms with Gasteiger partial charge < -0.3 is 10.6 Å². The summed E-state index contributed by atoms with van der Waals surface area (Å²) in [5.74, 6) is 0.899. The first-order chi connectivity index (χ1) is 7.40. The van der Waals surface area contributed by atoms with E-state index < -0.39 is 0 Å². The third-order valence-electron chi connectivity index (χ3n) is 3.83. The SMILES string of the molecule is CNCC1CCCN1CC1CCCNC1.Cl.Cl. The summed E-state index contributed by atoms with van der Waals surface area (Å²) < 4.78 is 0. The number of hydrogen-bond donors (Lipinski definition) is 2. The van der Waals surface area contributed by atoms with Gasteiger partial charge in [-0.3, -0.25) is 4.90 Å². The maximum absolute atomic E-state index is 3.51. The van der Waals surface area contributed by atoms with Crippen LogP contribution in [0, 0.1) is 5.92 Å². The first kappa shape index (κ1) is 17.5. The lowest BCUT2D eigenvalue weighted by atomic mass is 9.99. The van der Waals surface area contributed by atoms with Crippen LogP contribution >= 0.6 is 24.8 Å². The maximum Gasteiger partial charge on any atom is 0.0221 e. The van der Waals surface area contributed by atoms with Gasteiger partial charge in [0.15, 0.2) is 0 Å². The van der Waals surface area contributed by atoms with Gasteiger partial charge in [-0.25, -0.2) is 0 Å². The fourth-order valence-electron chi connectivity index (χ4n) is 3.01. The van der Waals surface area contributed by atoms with Crippen LogP contribution in [0.5, 0.6) is 0 Å². The highest BCUT2D eigenvalue weighted by molar-refractivity contribution is 5.85. The van der Waals surface area contributed by atoms with Crippen molar-refractivity contribution in [2.45, 2.75) is 31.7 Å². The molecule has 0 bridgehead atoms. The van der Waals surface area contributed by atoms with E-state index in [2.05, 4.69) is 22.6 Å². The van der Waals surface area contributed by atoms with Gasteiger partial charge in [-0.1, -0.05) is 0 Å². The molecule has 0 spiro atoms. The molecule has 2 aliphatic rings. The number of rotatable bonds is 4. The fourth-order valence-corrected chi connectivity index (χ4v) is 3.01. The van der Waals surface area contributed by atoms with E-state index in [1.807, 2.05) is 0 Å². The van der Waals surface area contributed by atoms with E-state index in [4.69, 9.17) is 0 Å². The standard InChI is InChI=1S/C12H25N3.2ClH/c1-13-9-12-5-3-7-15(12)10-11-4-2-6-14-8-11;;/h11-14H,2-10H2,1H3;2*1H. The molecule has 2 N–H and O–H groups in total. The van der Waals surface area contributed by atoms with Crippen molar-refractivity contribution >= 4 is 24.8 Å². The Kier molecular flexibility index (Phi) is 9.65. The lowest BCUT2D eigenvalue weighted by molar-refractivity contribution is 0.193. The number of likely N-dealkylation sites (N-methyl/N-ethyl adjacent to an activating group) is 1. The molecule has 5 heteroatoms. The second-order valence-corrected chi connectivity index (χ2v) is 5.06. The van der Waals surface area contributed by atoms with Gasteiger partial charge in [0.2, 0.25) is 0 Å². The lowest BCUT2D eigenvalue weighted by Crippen LogP contribution is -2.43. The minimum atomic E-state index is 0. The van der Waals surface area contributed by atoms with Crippen LogP contribution in [-0.2, 0) is 0 Å². The van der Waals surface area contributed by atoms with E-state index >= 15 is 0 Å². The highest BCUT2D eigenvalue weighted by Gasteiger charge is 2.26. The van der Waals surface area contributed by atoms with Gasteiger partial charge in [-0.15, -0.1) is 24.8 Å². The molecule has 17 heavy (non-hydrogen) atoms. The second kappa shape index (κ2) is 9.40. The van der Waals surface area contributed by atoms with Crippen molar-refractivity contribution in [3.63, 3.8) is 0 Å². The zero-order chi connectivity index (χ0) is 10.5. The minimum Gasteiger partial charge on any atom is -0.318 e. The number of hydrogen-bond acceptors (Lipinski definition) is 3. The largest absolute Gasteiger partial charge is 0.318 e. The molecule has 2 saturated heterocycles. The van der Waals surface area contributed by atoms with Crippen LogP contribution in [0.4, 0.5) is 0 Å². The van der Waals surface area contributed by atoms with E-state index in [-0.39, 0.29) is 24.8 Å². The van der Waals surface area contributed by atoms with Gasteiger partial charge in [0, 0.05) is 19.1 Å². The van der Waals surface area contributed by atoms with Crippen LogP contribution in [0.15, 0.2) is 0 Å². The molecule has 2 rings (SSSR count). The van der Waals surface area contributed by atoms with Crippen molar-refractivity contribution < 1.29 is 0 Å². The zero-order valence-corrected chi connectivity index (χ0v) is 12.4. The summed E-state index contributed by atoms with van der Waals surface area (Å²) in [4.78, 5) is 2.70. The molecule has 0 aliphatic carbocycles. The Morgan fingerprint density at radius 2 is 2.06 bits per heavy atom. The Labute approximate surface area is 118 Å². The Morgan fingerprint density at radius 3 is 2.71 bits per heavy atom. The average molecular weight is 284 g/mol. The number of nitrogens with zero attached hydrogens (tertiary/aromatic N) is 1. The zero-order valence-electron chi connectivity index (χ0n) is 10.8. The van der Waals surface area contributed by atoms with E-state index in [0.29, 0.717) is 0 Å². The molecule has 0 saturated carbocycles. The summed E-state index contributed by atoms with van der Waals surface area (Å²) in [5, 5.41) is 6.83. The topological polar surface area (TPSA) is 27.3 Å². The maximum atomic E-state index is 3.51. The summed E-state index contributed by atoms with van der Waals surface area (Å²) in [7, 11) is 2.07. The van der Waals surface area contributed by atoms with Crippen LogP contribution < -0.4 is 10.6 Å².